The molecule has 3 rings (SSSR count). The van der Waals surface area contributed by atoms with Crippen LogP contribution in [0, 0.1) is 0 Å². The van der Waals surface area contributed by atoms with Crippen LogP contribution in [0.15, 0.2) is 34.5 Å². The van der Waals surface area contributed by atoms with Gasteiger partial charge in [-0.2, -0.15) is 0 Å². The van der Waals surface area contributed by atoms with E-state index in [-0.39, 0.29) is 22.2 Å². The van der Waals surface area contributed by atoms with Crippen LogP contribution in [0.2, 0.25) is 0 Å². The Bertz CT molecular complexity index is 940. The second kappa shape index (κ2) is 8.08. The molecule has 1 saturated heterocycles. The molecular formula is C15H13N5O5S3. The van der Waals surface area contributed by atoms with Crippen molar-refractivity contribution < 1.29 is 24.3 Å². The van der Waals surface area contributed by atoms with Crippen molar-refractivity contribution in [2.24, 2.45) is 5.16 Å². The first-order valence-electron chi connectivity index (χ1n) is 7.62. The van der Waals surface area contributed by atoms with Crippen molar-refractivity contribution in [1.29, 1.82) is 0 Å². The van der Waals surface area contributed by atoms with Crippen LogP contribution in [0.1, 0.15) is 5.69 Å². The fraction of sp³-hybridized carbons (Fsp3) is 0.200. The summed E-state index contributed by atoms with van der Waals surface area (Å²) < 4.78 is 4.73. The summed E-state index contributed by atoms with van der Waals surface area (Å²) in [6, 6.07) is -0.924. The summed E-state index contributed by atoms with van der Waals surface area (Å²) in [5, 5.41) is 15.7. The maximum atomic E-state index is 12.6. The zero-order valence-electron chi connectivity index (χ0n) is 14.0. The van der Waals surface area contributed by atoms with Gasteiger partial charge < -0.3 is 21.0 Å². The smallest absolute Gasteiger partial charge is 0.361 e. The first-order valence-corrected chi connectivity index (χ1v) is 10.0. The van der Waals surface area contributed by atoms with Crippen molar-refractivity contribution in [2.75, 3.05) is 11.5 Å². The van der Waals surface area contributed by atoms with Crippen LogP contribution in [0.3, 0.4) is 0 Å². The van der Waals surface area contributed by atoms with E-state index in [0.717, 1.165) is 16.9 Å². The van der Waals surface area contributed by atoms with E-state index >= 15 is 0 Å². The molecule has 2 amide bonds. The predicted molar refractivity (Wildman–Crippen MR) is 107 cm³/mol. The van der Waals surface area contributed by atoms with Gasteiger partial charge in [-0.25, -0.2) is 9.78 Å². The third kappa shape index (κ3) is 3.39. The SMILES string of the molecule is C=CC1=C(C(=O)OC=S)N2C(=O)C(NC(=O)/C(=N\O)c3csc(N)n3)C2SC1. The topological polar surface area (TPSA) is 147 Å². The van der Waals surface area contributed by atoms with Crippen molar-refractivity contribution in [2.45, 2.75) is 11.4 Å². The summed E-state index contributed by atoms with van der Waals surface area (Å²) in [5.74, 6) is -1.71. The van der Waals surface area contributed by atoms with Crippen molar-refractivity contribution in [3.63, 3.8) is 0 Å². The number of thioether (sulfide) groups is 1. The van der Waals surface area contributed by atoms with Gasteiger partial charge >= 0.3 is 5.97 Å². The van der Waals surface area contributed by atoms with Crippen LogP contribution in [-0.4, -0.2) is 61.3 Å². The Morgan fingerprint density at radius 2 is 2.32 bits per heavy atom. The van der Waals surface area contributed by atoms with E-state index in [1.54, 1.807) is 0 Å². The van der Waals surface area contributed by atoms with Gasteiger partial charge in [0.05, 0.1) is 0 Å². The number of esters is 1. The van der Waals surface area contributed by atoms with E-state index in [1.807, 2.05) is 0 Å². The second-order valence-electron chi connectivity index (χ2n) is 5.46. The van der Waals surface area contributed by atoms with Gasteiger partial charge in [0.2, 0.25) is 0 Å². The van der Waals surface area contributed by atoms with Gasteiger partial charge in [0.15, 0.2) is 16.4 Å². The Hall–Kier alpha value is -2.77. The molecule has 0 aromatic carbocycles. The number of nitrogen functional groups attached to an aromatic ring is 1. The Morgan fingerprint density at radius 1 is 1.57 bits per heavy atom. The number of carbonyl (C=O) groups is 3. The molecule has 1 aromatic heterocycles. The van der Waals surface area contributed by atoms with Gasteiger partial charge in [0.1, 0.15) is 22.8 Å². The Kier molecular flexibility index (Phi) is 5.76. The number of hydrogen-bond donors (Lipinski definition) is 3. The van der Waals surface area contributed by atoms with Crippen molar-refractivity contribution >= 4 is 69.5 Å². The number of anilines is 1. The van der Waals surface area contributed by atoms with Gasteiger partial charge in [0, 0.05) is 11.1 Å². The lowest BCUT2D eigenvalue weighted by Gasteiger charge is -2.49. The summed E-state index contributed by atoms with van der Waals surface area (Å²) >= 11 is 6.94. The summed E-state index contributed by atoms with van der Waals surface area (Å²) in [6.07, 6.45) is 1.46. The van der Waals surface area contributed by atoms with Crippen molar-refractivity contribution in [1.82, 2.24) is 15.2 Å². The molecule has 28 heavy (non-hydrogen) atoms. The predicted octanol–water partition coefficient (Wildman–Crippen LogP) is 0.244. The number of β-lactam (4-membered cyclic amide) rings is 1. The first kappa shape index (κ1) is 20.0. The second-order valence-corrected chi connectivity index (χ2v) is 7.65. The van der Waals surface area contributed by atoms with Crippen LogP contribution < -0.4 is 11.1 Å². The van der Waals surface area contributed by atoms with E-state index < -0.39 is 29.2 Å². The third-order valence-electron chi connectivity index (χ3n) is 3.96. The molecule has 2 aliphatic rings. The number of ether oxygens (including phenoxy) is 1. The van der Waals surface area contributed by atoms with Gasteiger partial charge in [-0.05, 0) is 17.8 Å². The molecule has 3 heterocycles. The number of amides is 2. The van der Waals surface area contributed by atoms with Crippen LogP contribution >= 0.6 is 35.3 Å². The number of fused-ring (bicyclic) bond motifs is 1. The van der Waals surface area contributed by atoms with Crippen LogP contribution in [0.25, 0.3) is 0 Å². The number of thiazole rings is 1. The normalized spacial score (nSPS) is 21.5. The minimum absolute atomic E-state index is 0.0404. The monoisotopic (exact) mass is 439 g/mol. The number of thiocarbonyl (C=S) groups is 1. The maximum absolute atomic E-state index is 12.6. The van der Waals surface area contributed by atoms with Crippen molar-refractivity contribution in [3.05, 3.63) is 35.0 Å². The standard InChI is InChI=1S/C15H13N5O5S3/c1-2-6-3-27-13-9(12(22)20(13)10(6)14(23)25-5-26)18-11(21)8(19-24)7-4-28-15(16)17-7/h2,4-5,9,13,24H,1,3H2,(H2,16,17)(H,18,21)/b19-8-. The van der Waals surface area contributed by atoms with Gasteiger partial charge in [-0.3, -0.25) is 14.5 Å². The average molecular weight is 440 g/mol. The number of carbonyl (C=O) groups excluding carboxylic acids is 3. The highest BCUT2D eigenvalue weighted by atomic mass is 32.2. The lowest BCUT2D eigenvalue weighted by molar-refractivity contribution is -0.149. The van der Waals surface area contributed by atoms with Gasteiger partial charge in [0.25, 0.3) is 11.8 Å². The fourth-order valence-corrected chi connectivity index (χ4v) is 4.68. The quantitative estimate of drug-likeness (QED) is 0.142. The van der Waals surface area contributed by atoms with Gasteiger partial charge in [-0.1, -0.05) is 17.8 Å². The summed E-state index contributed by atoms with van der Waals surface area (Å²) in [6.45, 7) is 3.64. The zero-order chi connectivity index (χ0) is 20.4. The number of nitrogens with two attached hydrogens (primary N) is 1. The fourth-order valence-electron chi connectivity index (χ4n) is 2.71. The molecule has 2 aliphatic heterocycles. The van der Waals surface area contributed by atoms with E-state index in [0.29, 0.717) is 11.3 Å². The molecule has 2 unspecified atom stereocenters. The number of oxime groups is 1. The number of nitrogens with zero attached hydrogens (tertiary/aromatic N) is 3. The number of rotatable bonds is 6. The Labute approximate surface area is 172 Å². The maximum Gasteiger partial charge on any atom is 0.361 e. The van der Waals surface area contributed by atoms with E-state index in [4.69, 9.17) is 15.7 Å². The highest BCUT2D eigenvalue weighted by molar-refractivity contribution is 8.00. The van der Waals surface area contributed by atoms with E-state index in [1.165, 1.54) is 28.1 Å². The minimum atomic E-state index is -0.924. The molecule has 0 aliphatic carbocycles. The molecule has 0 spiro atoms. The lowest BCUT2D eigenvalue weighted by atomic mass is 10.0. The number of hydrogen-bond acceptors (Lipinski definition) is 11. The molecule has 13 heteroatoms. The number of aromatic nitrogens is 1. The van der Waals surface area contributed by atoms with E-state index in [2.05, 4.69) is 34.3 Å². The van der Waals surface area contributed by atoms with E-state index in [9.17, 15) is 14.4 Å². The van der Waals surface area contributed by atoms with Crippen LogP contribution in [0.4, 0.5) is 5.13 Å². The Morgan fingerprint density at radius 3 is 2.89 bits per heavy atom. The molecule has 0 radical (unpaired) electrons. The zero-order valence-corrected chi connectivity index (χ0v) is 16.5. The molecule has 2 atom stereocenters. The molecule has 1 fully saturated rings. The molecule has 0 saturated carbocycles. The summed E-state index contributed by atoms with van der Waals surface area (Å²) in [7, 11) is 0. The molecule has 0 bridgehead atoms. The molecule has 10 nitrogen and oxygen atoms in total. The molecule has 146 valence electrons. The molecule has 1 aromatic rings. The molecule has 4 N–H and O–H groups in total. The minimum Gasteiger partial charge on any atom is -0.418 e. The highest BCUT2D eigenvalue weighted by Crippen LogP contribution is 2.40. The number of allylic oxidation sites excluding steroid dienone is 1. The summed E-state index contributed by atoms with van der Waals surface area (Å²) in [5.41, 5.74) is 6.60. The number of nitrogens with one attached hydrogen (secondary N) is 1. The Balaban J connectivity index is 1.79. The highest BCUT2D eigenvalue weighted by Gasteiger charge is 2.54. The molecular weight excluding hydrogens is 426 g/mol. The largest absolute Gasteiger partial charge is 0.418 e. The third-order valence-corrected chi connectivity index (χ3v) is 6.03. The van der Waals surface area contributed by atoms with Crippen LogP contribution in [-0.2, 0) is 19.1 Å². The lowest BCUT2D eigenvalue weighted by Crippen LogP contribution is -2.71. The van der Waals surface area contributed by atoms with Crippen molar-refractivity contribution in [3.8, 4) is 0 Å². The van der Waals surface area contributed by atoms with Crippen LogP contribution in [0.5, 0.6) is 0 Å². The average Bonchev–Trinajstić information content (AvgIpc) is 3.11. The summed E-state index contributed by atoms with van der Waals surface area (Å²) in [4.78, 5) is 42.4. The first-order chi connectivity index (χ1) is 13.4. The van der Waals surface area contributed by atoms with Gasteiger partial charge in [-0.15, -0.1) is 23.1 Å².